The van der Waals surface area contributed by atoms with E-state index in [1.165, 1.54) is 32.1 Å². The number of aryl methyl sites for hydroxylation is 1. The molecule has 2 atom stereocenters. The summed E-state index contributed by atoms with van der Waals surface area (Å²) in [5, 5.41) is 3.12. The number of hydrogen-bond donors (Lipinski definition) is 1. The van der Waals surface area contributed by atoms with Crippen molar-refractivity contribution in [1.82, 2.24) is 10.2 Å². The molecule has 0 bridgehead atoms. The lowest BCUT2D eigenvalue weighted by Gasteiger charge is -2.35. The maximum absolute atomic E-state index is 13.3. The first-order chi connectivity index (χ1) is 12.6. The normalized spacial score (nSPS) is 23.8. The van der Waals surface area contributed by atoms with E-state index in [2.05, 4.69) is 5.32 Å². The fourth-order valence-corrected chi connectivity index (χ4v) is 5.62. The molecule has 4 nitrogen and oxygen atoms in total. The van der Waals surface area contributed by atoms with E-state index in [9.17, 15) is 9.59 Å². The van der Waals surface area contributed by atoms with Crippen molar-refractivity contribution >= 4 is 23.6 Å². The second-order valence-electron chi connectivity index (χ2n) is 7.51. The Morgan fingerprint density at radius 1 is 1.15 bits per heavy atom. The van der Waals surface area contributed by atoms with Gasteiger partial charge in [0.15, 0.2) is 0 Å². The number of nitrogens with zero attached hydrogens (tertiary/aromatic N) is 1. The Balaban J connectivity index is 1.84. The quantitative estimate of drug-likeness (QED) is 0.848. The first kappa shape index (κ1) is 19.3. The highest BCUT2D eigenvalue weighted by Crippen LogP contribution is 2.41. The van der Waals surface area contributed by atoms with Gasteiger partial charge in [-0.1, -0.05) is 43.9 Å². The van der Waals surface area contributed by atoms with Crippen molar-refractivity contribution in [2.45, 2.75) is 63.8 Å². The van der Waals surface area contributed by atoms with Gasteiger partial charge in [-0.05, 0) is 44.2 Å². The van der Waals surface area contributed by atoms with Gasteiger partial charge in [0.2, 0.25) is 5.91 Å². The monoisotopic (exact) mass is 374 g/mol. The van der Waals surface area contributed by atoms with Crippen molar-refractivity contribution in [3.05, 3.63) is 35.4 Å². The summed E-state index contributed by atoms with van der Waals surface area (Å²) in [5.74, 6) is 1.21. The van der Waals surface area contributed by atoms with Crippen LogP contribution < -0.4 is 5.32 Å². The molecule has 1 aromatic carbocycles. The summed E-state index contributed by atoms with van der Waals surface area (Å²) in [4.78, 5) is 27.9. The average molecular weight is 375 g/mol. The number of rotatable bonds is 5. The largest absolute Gasteiger partial charge is 0.354 e. The molecule has 1 aromatic rings. The molecular formula is C21H30N2O2S. The van der Waals surface area contributed by atoms with E-state index in [0.29, 0.717) is 23.8 Å². The van der Waals surface area contributed by atoms with Crippen molar-refractivity contribution < 1.29 is 9.59 Å². The van der Waals surface area contributed by atoms with E-state index in [1.54, 1.807) is 11.8 Å². The zero-order valence-corrected chi connectivity index (χ0v) is 16.7. The summed E-state index contributed by atoms with van der Waals surface area (Å²) in [6, 6.07) is 7.36. The lowest BCUT2D eigenvalue weighted by atomic mass is 9.88. The summed E-state index contributed by atoms with van der Waals surface area (Å²) < 4.78 is 0. The number of nitrogens with one attached hydrogen (secondary N) is 1. The molecule has 3 rings (SSSR count). The third-order valence-corrected chi connectivity index (χ3v) is 6.93. The zero-order chi connectivity index (χ0) is 18.5. The first-order valence-corrected chi connectivity index (χ1v) is 11.0. The molecule has 2 fully saturated rings. The SMILES string of the molecule is CCCNC(=O)[C@@H]1CS[C@@H](C2CCCCC2)N1C(=O)c1ccc(C)cc1. The number of benzene rings is 1. The van der Waals surface area contributed by atoms with E-state index in [1.807, 2.05) is 43.0 Å². The van der Waals surface area contributed by atoms with Crippen LogP contribution >= 0.6 is 11.8 Å². The van der Waals surface area contributed by atoms with Crippen molar-refractivity contribution in [2.24, 2.45) is 5.92 Å². The lowest BCUT2D eigenvalue weighted by molar-refractivity contribution is -0.125. The van der Waals surface area contributed by atoms with Crippen LogP contribution in [0.4, 0.5) is 0 Å². The maximum atomic E-state index is 13.3. The zero-order valence-electron chi connectivity index (χ0n) is 15.9. The molecule has 1 heterocycles. The smallest absolute Gasteiger partial charge is 0.255 e. The van der Waals surface area contributed by atoms with Gasteiger partial charge in [-0.25, -0.2) is 0 Å². The fourth-order valence-electron chi connectivity index (χ4n) is 3.98. The predicted octanol–water partition coefficient (Wildman–Crippen LogP) is 3.99. The minimum Gasteiger partial charge on any atom is -0.354 e. The predicted molar refractivity (Wildman–Crippen MR) is 107 cm³/mol. The molecule has 0 radical (unpaired) electrons. The molecule has 26 heavy (non-hydrogen) atoms. The van der Waals surface area contributed by atoms with Crippen LogP contribution in [0.15, 0.2) is 24.3 Å². The van der Waals surface area contributed by atoms with Gasteiger partial charge < -0.3 is 10.2 Å². The van der Waals surface area contributed by atoms with Gasteiger partial charge in [0.1, 0.15) is 6.04 Å². The topological polar surface area (TPSA) is 49.4 Å². The summed E-state index contributed by atoms with van der Waals surface area (Å²) in [7, 11) is 0. The van der Waals surface area contributed by atoms with Crippen molar-refractivity contribution in [2.75, 3.05) is 12.3 Å². The van der Waals surface area contributed by atoms with Gasteiger partial charge in [-0.2, -0.15) is 0 Å². The molecule has 142 valence electrons. The van der Waals surface area contributed by atoms with Crippen LogP contribution in [0.25, 0.3) is 0 Å². The number of amides is 2. The molecule has 1 saturated heterocycles. The highest BCUT2D eigenvalue weighted by Gasteiger charge is 2.44. The first-order valence-electron chi connectivity index (χ1n) is 9.90. The van der Waals surface area contributed by atoms with E-state index in [0.717, 1.165) is 12.0 Å². The van der Waals surface area contributed by atoms with Gasteiger partial charge in [0.05, 0.1) is 5.37 Å². The highest BCUT2D eigenvalue weighted by molar-refractivity contribution is 8.00. The summed E-state index contributed by atoms with van der Waals surface area (Å²) in [5.41, 5.74) is 1.82. The standard InChI is InChI=1S/C21H30N2O2S/c1-3-13-22-19(24)18-14-26-21(17-7-5-4-6-8-17)23(18)20(25)16-11-9-15(2)10-12-16/h9-12,17-18,21H,3-8,13-14H2,1-2H3,(H,22,24)/t18-,21-/m0/s1. The van der Waals surface area contributed by atoms with E-state index in [-0.39, 0.29) is 23.2 Å². The highest BCUT2D eigenvalue weighted by atomic mass is 32.2. The van der Waals surface area contributed by atoms with Crippen LogP contribution in [-0.2, 0) is 4.79 Å². The molecule has 1 aliphatic heterocycles. The van der Waals surface area contributed by atoms with Gasteiger partial charge >= 0.3 is 0 Å². The Kier molecular flexibility index (Phi) is 6.63. The molecule has 1 aliphatic carbocycles. The minimum atomic E-state index is -0.354. The Morgan fingerprint density at radius 2 is 1.85 bits per heavy atom. The summed E-state index contributed by atoms with van der Waals surface area (Å²) >= 11 is 1.80. The minimum absolute atomic E-state index is 0.00174. The molecular weight excluding hydrogens is 344 g/mol. The van der Waals surface area contributed by atoms with Crippen LogP contribution in [0.2, 0.25) is 0 Å². The van der Waals surface area contributed by atoms with Crippen LogP contribution in [0.3, 0.4) is 0 Å². The molecule has 1 N–H and O–H groups in total. The number of hydrogen-bond acceptors (Lipinski definition) is 3. The summed E-state index contributed by atoms with van der Waals surface area (Å²) in [6.07, 6.45) is 7.00. The lowest BCUT2D eigenvalue weighted by Crippen LogP contribution is -2.51. The molecule has 0 unspecified atom stereocenters. The van der Waals surface area contributed by atoms with Crippen molar-refractivity contribution in [3.8, 4) is 0 Å². The Bertz CT molecular complexity index is 625. The Labute approximate surface area is 161 Å². The van der Waals surface area contributed by atoms with E-state index < -0.39 is 0 Å². The van der Waals surface area contributed by atoms with Gasteiger partial charge in [-0.15, -0.1) is 11.8 Å². The second kappa shape index (κ2) is 8.94. The third-order valence-electron chi connectivity index (χ3n) is 5.47. The molecule has 5 heteroatoms. The van der Waals surface area contributed by atoms with Gasteiger partial charge in [0, 0.05) is 17.9 Å². The number of carbonyl (C=O) groups excluding carboxylic acids is 2. The fraction of sp³-hybridized carbons (Fsp3) is 0.619. The van der Waals surface area contributed by atoms with Crippen molar-refractivity contribution in [1.29, 1.82) is 0 Å². The average Bonchev–Trinajstić information content (AvgIpc) is 3.12. The Hall–Kier alpha value is -1.49. The molecule has 1 saturated carbocycles. The van der Waals surface area contributed by atoms with Crippen LogP contribution in [-0.4, -0.2) is 40.4 Å². The van der Waals surface area contributed by atoms with Crippen LogP contribution in [0.5, 0.6) is 0 Å². The molecule has 0 aromatic heterocycles. The maximum Gasteiger partial charge on any atom is 0.255 e. The van der Waals surface area contributed by atoms with E-state index in [4.69, 9.17) is 0 Å². The number of thioether (sulfide) groups is 1. The van der Waals surface area contributed by atoms with Crippen LogP contribution in [0, 0.1) is 12.8 Å². The van der Waals surface area contributed by atoms with Crippen LogP contribution in [0.1, 0.15) is 61.4 Å². The van der Waals surface area contributed by atoms with Crippen molar-refractivity contribution in [3.63, 3.8) is 0 Å². The summed E-state index contributed by atoms with van der Waals surface area (Å²) in [6.45, 7) is 4.73. The molecule has 0 spiro atoms. The molecule has 2 aliphatic rings. The number of carbonyl (C=O) groups is 2. The Morgan fingerprint density at radius 3 is 2.50 bits per heavy atom. The van der Waals surface area contributed by atoms with Gasteiger partial charge in [-0.3, -0.25) is 9.59 Å². The second-order valence-corrected chi connectivity index (χ2v) is 8.66. The van der Waals surface area contributed by atoms with Gasteiger partial charge in [0.25, 0.3) is 5.91 Å². The van der Waals surface area contributed by atoms with E-state index >= 15 is 0 Å². The molecule has 2 amide bonds. The third kappa shape index (κ3) is 4.25.